The molecule has 1 aliphatic rings. The van der Waals surface area contributed by atoms with Gasteiger partial charge >= 0.3 is 0 Å². The van der Waals surface area contributed by atoms with E-state index in [1.54, 1.807) is 24.3 Å². The molecule has 1 N–H and O–H groups in total. The quantitative estimate of drug-likeness (QED) is 0.512. The molecule has 0 spiro atoms. The monoisotopic (exact) mass is 480 g/mol. The molecule has 2 aromatic carbocycles. The third kappa shape index (κ3) is 5.44. The van der Waals surface area contributed by atoms with Crippen molar-refractivity contribution in [2.75, 3.05) is 31.5 Å². The topological polar surface area (TPSA) is 93.7 Å². The molecule has 1 aromatic heterocycles. The Morgan fingerprint density at radius 1 is 1.19 bits per heavy atom. The summed E-state index contributed by atoms with van der Waals surface area (Å²) in [6.07, 6.45) is 3.83. The maximum Gasteiger partial charge on any atom is 0.211 e. The number of benzene rings is 2. The summed E-state index contributed by atoms with van der Waals surface area (Å²) in [6.45, 7) is 0.928. The van der Waals surface area contributed by atoms with Gasteiger partial charge in [-0.15, -0.1) is 0 Å². The van der Waals surface area contributed by atoms with Gasteiger partial charge in [-0.2, -0.15) is 0 Å². The van der Waals surface area contributed by atoms with Crippen molar-refractivity contribution in [2.24, 2.45) is 0 Å². The largest absolute Gasteiger partial charge is 0.468 e. The first-order chi connectivity index (χ1) is 15.3. The minimum atomic E-state index is -3.16. The Labute approximate surface area is 190 Å². The maximum absolute atomic E-state index is 13.4. The number of halogens is 2. The van der Waals surface area contributed by atoms with E-state index in [0.29, 0.717) is 54.1 Å². The fourth-order valence-electron chi connectivity index (χ4n) is 3.46. The van der Waals surface area contributed by atoms with Gasteiger partial charge in [0.2, 0.25) is 10.0 Å². The highest BCUT2D eigenvalue weighted by atomic mass is 35.5. The zero-order chi connectivity index (χ0) is 22.7. The van der Waals surface area contributed by atoms with Gasteiger partial charge in [0.05, 0.1) is 22.9 Å². The number of piperidine rings is 1. The van der Waals surface area contributed by atoms with Gasteiger partial charge in [0.25, 0.3) is 0 Å². The van der Waals surface area contributed by atoms with Crippen LogP contribution in [-0.2, 0) is 14.8 Å². The van der Waals surface area contributed by atoms with Gasteiger partial charge in [-0.25, -0.2) is 27.1 Å². The van der Waals surface area contributed by atoms with E-state index in [-0.39, 0.29) is 17.9 Å². The SMILES string of the molecule is CS(=O)(=O)N1CCC(OCOc2ccc3ncnc(Nc4ccc(F)c(Cl)c4)c3c2)CC1. The van der Waals surface area contributed by atoms with Crippen molar-refractivity contribution in [1.29, 1.82) is 0 Å². The van der Waals surface area contributed by atoms with E-state index in [9.17, 15) is 12.8 Å². The van der Waals surface area contributed by atoms with Crippen LogP contribution in [0.2, 0.25) is 5.02 Å². The summed E-state index contributed by atoms with van der Waals surface area (Å²) in [5.41, 5.74) is 1.30. The minimum absolute atomic E-state index is 0.0110. The zero-order valence-electron chi connectivity index (χ0n) is 17.3. The van der Waals surface area contributed by atoms with Crippen molar-refractivity contribution in [2.45, 2.75) is 18.9 Å². The fraction of sp³-hybridized carbons (Fsp3) is 0.333. The molecule has 0 bridgehead atoms. The van der Waals surface area contributed by atoms with Crippen LogP contribution in [0, 0.1) is 5.82 Å². The first-order valence-corrected chi connectivity index (χ1v) is 12.2. The summed E-state index contributed by atoms with van der Waals surface area (Å²) in [5.74, 6) is 0.598. The second-order valence-corrected chi connectivity index (χ2v) is 9.84. The van der Waals surface area contributed by atoms with E-state index in [4.69, 9.17) is 21.1 Å². The van der Waals surface area contributed by atoms with Crippen molar-refractivity contribution in [1.82, 2.24) is 14.3 Å². The van der Waals surface area contributed by atoms with Gasteiger partial charge in [-0.1, -0.05) is 11.6 Å². The molecular formula is C21H22ClFN4O4S. The molecule has 0 aliphatic carbocycles. The second-order valence-electron chi connectivity index (χ2n) is 7.45. The summed E-state index contributed by atoms with van der Waals surface area (Å²) in [4.78, 5) is 8.54. The highest BCUT2D eigenvalue weighted by molar-refractivity contribution is 7.88. The van der Waals surface area contributed by atoms with Crippen LogP contribution in [0.1, 0.15) is 12.8 Å². The number of rotatable bonds is 7. The van der Waals surface area contributed by atoms with Crippen LogP contribution in [0.15, 0.2) is 42.7 Å². The Hall–Kier alpha value is -2.53. The van der Waals surface area contributed by atoms with Gasteiger partial charge in [0.1, 0.15) is 23.7 Å². The highest BCUT2D eigenvalue weighted by Gasteiger charge is 2.25. The lowest BCUT2D eigenvalue weighted by Gasteiger charge is -2.29. The number of fused-ring (bicyclic) bond motifs is 1. The van der Waals surface area contributed by atoms with Crippen molar-refractivity contribution >= 4 is 44.0 Å². The first-order valence-electron chi connectivity index (χ1n) is 9.96. The molecule has 170 valence electrons. The predicted octanol–water partition coefficient (Wildman–Crippen LogP) is 3.94. The number of sulfonamides is 1. The van der Waals surface area contributed by atoms with Crippen molar-refractivity contribution < 1.29 is 22.3 Å². The van der Waals surface area contributed by atoms with Crippen LogP contribution in [-0.4, -0.2) is 54.9 Å². The Morgan fingerprint density at radius 3 is 2.69 bits per heavy atom. The van der Waals surface area contributed by atoms with Crippen molar-refractivity contribution in [3.63, 3.8) is 0 Å². The number of anilines is 2. The van der Waals surface area contributed by atoms with E-state index in [1.807, 2.05) is 0 Å². The van der Waals surface area contributed by atoms with E-state index in [2.05, 4.69) is 15.3 Å². The number of ether oxygens (including phenoxy) is 2. The molecule has 0 atom stereocenters. The molecule has 32 heavy (non-hydrogen) atoms. The first kappa shape index (κ1) is 22.7. The molecule has 0 saturated carbocycles. The normalized spacial score (nSPS) is 15.7. The Morgan fingerprint density at radius 2 is 1.97 bits per heavy atom. The molecule has 1 fully saturated rings. The number of hydrogen-bond acceptors (Lipinski definition) is 7. The molecule has 0 radical (unpaired) electrons. The molecule has 2 heterocycles. The number of nitrogens with one attached hydrogen (secondary N) is 1. The molecular weight excluding hydrogens is 459 g/mol. The lowest BCUT2D eigenvalue weighted by Crippen LogP contribution is -2.40. The average molecular weight is 481 g/mol. The predicted molar refractivity (Wildman–Crippen MR) is 120 cm³/mol. The van der Waals surface area contributed by atoms with Gasteiger partial charge in [-0.3, -0.25) is 0 Å². The summed E-state index contributed by atoms with van der Waals surface area (Å²) in [5, 5.41) is 3.85. The van der Waals surface area contributed by atoms with E-state index < -0.39 is 15.8 Å². The van der Waals surface area contributed by atoms with E-state index >= 15 is 0 Å². The Balaban J connectivity index is 1.40. The molecule has 0 unspecified atom stereocenters. The third-order valence-electron chi connectivity index (χ3n) is 5.19. The maximum atomic E-state index is 13.4. The van der Waals surface area contributed by atoms with E-state index in [1.165, 1.54) is 29.0 Å². The zero-order valence-corrected chi connectivity index (χ0v) is 18.9. The lowest BCUT2D eigenvalue weighted by molar-refractivity contribution is -0.0527. The molecule has 4 rings (SSSR count). The van der Waals surface area contributed by atoms with Crippen LogP contribution < -0.4 is 10.1 Å². The van der Waals surface area contributed by atoms with Gasteiger partial charge < -0.3 is 14.8 Å². The molecule has 0 amide bonds. The summed E-state index contributed by atoms with van der Waals surface area (Å²) in [7, 11) is -3.16. The Bertz CT molecular complexity index is 1220. The number of aromatic nitrogens is 2. The molecule has 1 aliphatic heterocycles. The van der Waals surface area contributed by atoms with Gasteiger partial charge in [0, 0.05) is 24.2 Å². The van der Waals surface area contributed by atoms with Crippen LogP contribution in [0.5, 0.6) is 5.75 Å². The molecule has 3 aromatic rings. The summed E-state index contributed by atoms with van der Waals surface area (Å²) < 4.78 is 49.6. The summed E-state index contributed by atoms with van der Waals surface area (Å²) in [6, 6.07) is 9.70. The lowest BCUT2D eigenvalue weighted by atomic mass is 10.1. The van der Waals surface area contributed by atoms with Crippen molar-refractivity contribution in [3.05, 3.63) is 53.6 Å². The van der Waals surface area contributed by atoms with Crippen LogP contribution >= 0.6 is 11.6 Å². The van der Waals surface area contributed by atoms with Gasteiger partial charge in [-0.05, 0) is 49.2 Å². The summed E-state index contributed by atoms with van der Waals surface area (Å²) >= 11 is 5.86. The van der Waals surface area contributed by atoms with E-state index in [0.717, 1.165) is 0 Å². The third-order valence-corrected chi connectivity index (χ3v) is 6.78. The average Bonchev–Trinajstić information content (AvgIpc) is 2.76. The molecule has 8 nitrogen and oxygen atoms in total. The minimum Gasteiger partial charge on any atom is -0.468 e. The smallest absolute Gasteiger partial charge is 0.211 e. The number of nitrogens with zero attached hydrogens (tertiary/aromatic N) is 3. The molecule has 1 saturated heterocycles. The fourth-order valence-corrected chi connectivity index (χ4v) is 4.52. The van der Waals surface area contributed by atoms with Crippen molar-refractivity contribution in [3.8, 4) is 5.75 Å². The van der Waals surface area contributed by atoms with Crippen LogP contribution in [0.3, 0.4) is 0 Å². The van der Waals surface area contributed by atoms with Crippen LogP contribution in [0.4, 0.5) is 15.9 Å². The second kappa shape index (κ2) is 9.53. The standard InChI is InChI=1S/C21H22ClFN4O4S/c1-32(28,29)27-8-6-15(7-9-27)30-13-31-16-3-5-20-17(11-16)21(25-12-24-20)26-14-2-4-19(23)18(22)10-14/h2-5,10-12,15H,6-9,13H2,1H3,(H,24,25,26). The van der Waals surface area contributed by atoms with Gasteiger partial charge in [0.15, 0.2) is 6.79 Å². The highest BCUT2D eigenvalue weighted by Crippen LogP contribution is 2.28. The van der Waals surface area contributed by atoms with Crippen LogP contribution in [0.25, 0.3) is 10.9 Å². The molecule has 11 heteroatoms. The Kier molecular flexibility index (Phi) is 6.75. The number of hydrogen-bond donors (Lipinski definition) is 1.